The molecule has 158 valence electrons. The van der Waals surface area contributed by atoms with Crippen molar-refractivity contribution in [3.8, 4) is 22.5 Å². The molecule has 0 amide bonds. The van der Waals surface area contributed by atoms with E-state index in [1.165, 1.54) is 6.33 Å². The van der Waals surface area contributed by atoms with Gasteiger partial charge in [-0.05, 0) is 17.5 Å². The van der Waals surface area contributed by atoms with Gasteiger partial charge in [0.15, 0.2) is 0 Å². The Morgan fingerprint density at radius 1 is 0.781 bits per heavy atom. The van der Waals surface area contributed by atoms with Crippen molar-refractivity contribution in [2.45, 2.75) is 12.5 Å². The van der Waals surface area contributed by atoms with Crippen molar-refractivity contribution >= 4 is 16.9 Å². The van der Waals surface area contributed by atoms with Gasteiger partial charge in [-0.25, -0.2) is 9.97 Å². The Bertz CT molecular complexity index is 1300. The fourth-order valence-electron chi connectivity index (χ4n) is 3.97. The Balaban J connectivity index is 1.63. The average molecular weight is 422 g/mol. The maximum absolute atomic E-state index is 10.1. The number of rotatable bonds is 7. The number of aliphatic hydroxyl groups excluding tert-OH is 1. The molecular formula is C27H23N3O2. The molecule has 0 radical (unpaired) electrons. The third-order valence-electron chi connectivity index (χ3n) is 5.47. The molecule has 0 spiro atoms. The lowest BCUT2D eigenvalue weighted by molar-refractivity contribution is 0.273. The standard InChI is InChI=1S/C27H23N3O2/c31-17-22(16-19-10-4-1-5-11-19)30-26-24-23(20-12-6-2-7-13-20)25(21-14-8-3-9-15-21)32-27(24)29-18-28-26/h1-15,18,22,31H,16-17H2,(H,28,29,30). The van der Waals surface area contributed by atoms with E-state index in [2.05, 4.69) is 39.6 Å². The minimum Gasteiger partial charge on any atom is -0.437 e. The summed E-state index contributed by atoms with van der Waals surface area (Å²) in [5, 5.41) is 14.3. The lowest BCUT2D eigenvalue weighted by Crippen LogP contribution is -2.27. The Hall–Kier alpha value is -3.96. The van der Waals surface area contributed by atoms with Crippen LogP contribution in [0.15, 0.2) is 102 Å². The summed E-state index contributed by atoms with van der Waals surface area (Å²) in [6.45, 7) is -0.0234. The summed E-state index contributed by atoms with van der Waals surface area (Å²) in [5.74, 6) is 1.40. The van der Waals surface area contributed by atoms with Gasteiger partial charge < -0.3 is 14.8 Å². The molecule has 0 bridgehead atoms. The summed E-state index contributed by atoms with van der Waals surface area (Å²) in [7, 11) is 0. The lowest BCUT2D eigenvalue weighted by atomic mass is 9.99. The van der Waals surface area contributed by atoms with Crippen LogP contribution in [0.5, 0.6) is 0 Å². The molecule has 0 aliphatic carbocycles. The van der Waals surface area contributed by atoms with Crippen LogP contribution >= 0.6 is 0 Å². The summed E-state index contributed by atoms with van der Waals surface area (Å²) < 4.78 is 6.26. The Morgan fingerprint density at radius 3 is 2.06 bits per heavy atom. The molecule has 0 fully saturated rings. The maximum Gasteiger partial charge on any atom is 0.232 e. The van der Waals surface area contributed by atoms with Crippen molar-refractivity contribution < 1.29 is 9.52 Å². The summed E-state index contributed by atoms with van der Waals surface area (Å²) in [6.07, 6.45) is 2.17. The van der Waals surface area contributed by atoms with E-state index in [0.717, 1.165) is 33.4 Å². The molecule has 32 heavy (non-hydrogen) atoms. The lowest BCUT2D eigenvalue weighted by Gasteiger charge is -2.17. The second kappa shape index (κ2) is 9.04. The highest BCUT2D eigenvalue weighted by Crippen LogP contribution is 2.42. The Labute approximate surface area is 186 Å². The van der Waals surface area contributed by atoms with E-state index in [4.69, 9.17) is 4.42 Å². The normalized spacial score (nSPS) is 12.0. The van der Waals surface area contributed by atoms with Crippen LogP contribution in [0.3, 0.4) is 0 Å². The topological polar surface area (TPSA) is 71.2 Å². The molecule has 5 nitrogen and oxygen atoms in total. The third kappa shape index (κ3) is 3.98. The van der Waals surface area contributed by atoms with Gasteiger partial charge in [-0.2, -0.15) is 0 Å². The minimum absolute atomic E-state index is 0.0234. The van der Waals surface area contributed by atoms with Gasteiger partial charge in [-0.3, -0.25) is 0 Å². The highest BCUT2D eigenvalue weighted by molar-refractivity contribution is 6.05. The van der Waals surface area contributed by atoms with Gasteiger partial charge in [0.1, 0.15) is 17.9 Å². The van der Waals surface area contributed by atoms with Crippen molar-refractivity contribution in [3.63, 3.8) is 0 Å². The van der Waals surface area contributed by atoms with E-state index in [1.807, 2.05) is 66.7 Å². The highest BCUT2D eigenvalue weighted by atomic mass is 16.3. The monoisotopic (exact) mass is 421 g/mol. The number of hydrogen-bond acceptors (Lipinski definition) is 5. The van der Waals surface area contributed by atoms with Crippen LogP contribution in [0, 0.1) is 0 Å². The number of anilines is 1. The third-order valence-corrected chi connectivity index (χ3v) is 5.47. The molecule has 1 atom stereocenters. The first kappa shape index (κ1) is 20.0. The number of furan rings is 1. The molecular weight excluding hydrogens is 398 g/mol. The van der Waals surface area contributed by atoms with E-state index < -0.39 is 0 Å². The SMILES string of the molecule is OCC(Cc1ccccc1)Nc1ncnc2oc(-c3ccccc3)c(-c3ccccc3)c12. The number of aliphatic hydroxyl groups is 1. The van der Waals surface area contributed by atoms with Gasteiger partial charge in [0, 0.05) is 11.1 Å². The zero-order valence-electron chi connectivity index (χ0n) is 17.5. The highest BCUT2D eigenvalue weighted by Gasteiger charge is 2.23. The molecule has 0 aliphatic heterocycles. The second-order valence-corrected chi connectivity index (χ2v) is 7.65. The molecule has 2 N–H and O–H groups in total. The predicted molar refractivity (Wildman–Crippen MR) is 127 cm³/mol. The predicted octanol–water partition coefficient (Wildman–Crippen LogP) is 5.57. The van der Waals surface area contributed by atoms with Gasteiger partial charge in [0.25, 0.3) is 0 Å². The van der Waals surface area contributed by atoms with Crippen LogP contribution in [0.2, 0.25) is 0 Å². The summed E-state index contributed by atoms with van der Waals surface area (Å²) in [6, 6.07) is 30.0. The summed E-state index contributed by atoms with van der Waals surface area (Å²) in [4.78, 5) is 8.95. The number of nitrogens with one attached hydrogen (secondary N) is 1. The summed E-state index contributed by atoms with van der Waals surface area (Å²) in [5.41, 5.74) is 4.58. The Kier molecular flexibility index (Phi) is 5.64. The van der Waals surface area contributed by atoms with Crippen molar-refractivity contribution in [1.82, 2.24) is 9.97 Å². The number of benzene rings is 3. The molecule has 2 heterocycles. The van der Waals surface area contributed by atoms with Gasteiger partial charge >= 0.3 is 0 Å². The minimum atomic E-state index is -0.200. The molecule has 0 saturated heterocycles. The zero-order chi connectivity index (χ0) is 21.8. The fourth-order valence-corrected chi connectivity index (χ4v) is 3.97. The van der Waals surface area contributed by atoms with E-state index in [1.54, 1.807) is 0 Å². The van der Waals surface area contributed by atoms with Crippen LogP contribution in [0.1, 0.15) is 5.56 Å². The molecule has 5 heteroatoms. The van der Waals surface area contributed by atoms with Crippen LogP contribution in [-0.2, 0) is 6.42 Å². The largest absolute Gasteiger partial charge is 0.437 e. The van der Waals surface area contributed by atoms with Crippen molar-refractivity contribution in [3.05, 3.63) is 103 Å². The zero-order valence-corrected chi connectivity index (χ0v) is 17.5. The average Bonchev–Trinajstić information content (AvgIpc) is 3.26. The van der Waals surface area contributed by atoms with Crippen molar-refractivity contribution in [2.75, 3.05) is 11.9 Å². The molecule has 5 aromatic rings. The van der Waals surface area contributed by atoms with Crippen LogP contribution in [-0.4, -0.2) is 27.7 Å². The van der Waals surface area contributed by atoms with E-state index in [9.17, 15) is 5.11 Å². The number of hydrogen-bond donors (Lipinski definition) is 2. The smallest absolute Gasteiger partial charge is 0.232 e. The molecule has 5 rings (SSSR count). The number of aromatic nitrogens is 2. The maximum atomic E-state index is 10.1. The Morgan fingerprint density at radius 2 is 1.41 bits per heavy atom. The first-order valence-electron chi connectivity index (χ1n) is 10.6. The first-order valence-corrected chi connectivity index (χ1v) is 10.6. The number of nitrogens with zero attached hydrogens (tertiary/aromatic N) is 2. The molecule has 3 aromatic carbocycles. The molecule has 0 aliphatic rings. The summed E-state index contributed by atoms with van der Waals surface area (Å²) >= 11 is 0. The first-order chi connectivity index (χ1) is 15.8. The van der Waals surface area contributed by atoms with Gasteiger partial charge in [-0.1, -0.05) is 91.0 Å². The van der Waals surface area contributed by atoms with E-state index in [-0.39, 0.29) is 12.6 Å². The van der Waals surface area contributed by atoms with Crippen LogP contribution in [0.25, 0.3) is 33.6 Å². The number of fused-ring (bicyclic) bond motifs is 1. The van der Waals surface area contributed by atoms with E-state index >= 15 is 0 Å². The van der Waals surface area contributed by atoms with Crippen LogP contribution in [0.4, 0.5) is 5.82 Å². The van der Waals surface area contributed by atoms with Crippen LogP contribution < -0.4 is 5.32 Å². The van der Waals surface area contributed by atoms with E-state index in [0.29, 0.717) is 18.0 Å². The molecule has 1 unspecified atom stereocenters. The quantitative estimate of drug-likeness (QED) is 0.359. The fraction of sp³-hybridized carbons (Fsp3) is 0.111. The van der Waals surface area contributed by atoms with Gasteiger partial charge in [-0.15, -0.1) is 0 Å². The molecule has 0 saturated carbocycles. The van der Waals surface area contributed by atoms with Gasteiger partial charge in [0.05, 0.1) is 18.0 Å². The van der Waals surface area contributed by atoms with Gasteiger partial charge in [0.2, 0.25) is 5.71 Å². The van der Waals surface area contributed by atoms with Crippen molar-refractivity contribution in [1.29, 1.82) is 0 Å². The van der Waals surface area contributed by atoms with Crippen molar-refractivity contribution in [2.24, 2.45) is 0 Å². The second-order valence-electron chi connectivity index (χ2n) is 7.65. The molecule has 2 aromatic heterocycles.